The molecule has 0 aliphatic carbocycles. The number of sulfonamides is 1. The fourth-order valence-electron chi connectivity index (χ4n) is 2.06. The van der Waals surface area contributed by atoms with Crippen LogP contribution in [0.3, 0.4) is 0 Å². The average Bonchev–Trinajstić information content (AvgIpc) is 2.57. The van der Waals surface area contributed by atoms with Gasteiger partial charge in [0.15, 0.2) is 0 Å². The zero-order valence-corrected chi connectivity index (χ0v) is 12.0. The van der Waals surface area contributed by atoms with Crippen LogP contribution in [0, 0.1) is 0 Å². The highest BCUT2D eigenvalue weighted by Gasteiger charge is 2.23. The summed E-state index contributed by atoms with van der Waals surface area (Å²) in [5.41, 5.74) is 0.101. The van der Waals surface area contributed by atoms with Gasteiger partial charge in [-0.05, 0) is 6.42 Å². The largest absolute Gasteiger partial charge is 0.367 e. The van der Waals surface area contributed by atoms with Crippen molar-refractivity contribution in [1.82, 2.24) is 14.5 Å². The molecule has 19 heavy (non-hydrogen) atoms. The van der Waals surface area contributed by atoms with Crippen LogP contribution in [0.4, 0.5) is 5.69 Å². The molecule has 1 saturated heterocycles. The highest BCUT2D eigenvalue weighted by Crippen LogP contribution is 2.22. The molecule has 0 unspecified atom stereocenters. The van der Waals surface area contributed by atoms with Crippen molar-refractivity contribution < 1.29 is 8.42 Å². The van der Waals surface area contributed by atoms with E-state index in [1.54, 1.807) is 0 Å². The Hall–Kier alpha value is -1.12. The van der Waals surface area contributed by atoms with Crippen LogP contribution in [0.25, 0.3) is 0 Å². The van der Waals surface area contributed by atoms with Crippen molar-refractivity contribution in [3.63, 3.8) is 0 Å². The number of nitrogens with zero attached hydrogens (tertiary/aromatic N) is 3. The second-order valence-corrected chi connectivity index (χ2v) is 6.76. The van der Waals surface area contributed by atoms with E-state index in [2.05, 4.69) is 10.2 Å². The summed E-state index contributed by atoms with van der Waals surface area (Å²) in [5, 5.41) is 6.07. The third kappa shape index (κ3) is 3.26. The lowest BCUT2D eigenvalue weighted by molar-refractivity contribution is 0.437. The van der Waals surface area contributed by atoms with Gasteiger partial charge in [0.05, 0.1) is 18.1 Å². The van der Waals surface area contributed by atoms with E-state index >= 15 is 0 Å². The molecule has 0 bridgehead atoms. The number of hydrogen-bond acceptors (Lipinski definition) is 5. The minimum Gasteiger partial charge on any atom is -0.367 e. The summed E-state index contributed by atoms with van der Waals surface area (Å²) in [7, 11) is -3.18. The Morgan fingerprint density at radius 2 is 2.05 bits per heavy atom. The first-order chi connectivity index (χ1) is 8.89. The zero-order valence-electron chi connectivity index (χ0n) is 10.5. The molecule has 1 aromatic rings. The van der Waals surface area contributed by atoms with Gasteiger partial charge in [-0.25, -0.2) is 17.8 Å². The maximum Gasteiger partial charge on any atom is 0.285 e. The highest BCUT2D eigenvalue weighted by atomic mass is 35.5. The van der Waals surface area contributed by atoms with Gasteiger partial charge in [0, 0.05) is 26.2 Å². The minimum atomic E-state index is -3.18. The maximum absolute atomic E-state index is 11.5. The maximum atomic E-state index is 11.5. The monoisotopic (exact) mass is 306 g/mol. The quantitative estimate of drug-likeness (QED) is 0.824. The molecule has 0 spiro atoms. The van der Waals surface area contributed by atoms with E-state index in [9.17, 15) is 13.2 Å². The molecule has 1 fully saturated rings. The highest BCUT2D eigenvalue weighted by molar-refractivity contribution is 7.88. The number of H-pyrrole nitrogens is 1. The van der Waals surface area contributed by atoms with Crippen LogP contribution < -0.4 is 10.5 Å². The number of rotatable bonds is 2. The molecule has 7 nitrogen and oxygen atoms in total. The summed E-state index contributed by atoms with van der Waals surface area (Å²) >= 11 is 5.95. The molecule has 0 radical (unpaired) electrons. The smallest absolute Gasteiger partial charge is 0.285 e. The number of halogens is 1. The summed E-state index contributed by atoms with van der Waals surface area (Å²) < 4.78 is 24.5. The third-order valence-electron chi connectivity index (χ3n) is 3.04. The normalized spacial score (nSPS) is 18.3. The van der Waals surface area contributed by atoms with Crippen LogP contribution in [0.2, 0.25) is 5.02 Å². The Morgan fingerprint density at radius 3 is 2.74 bits per heavy atom. The molecule has 0 atom stereocenters. The number of hydrogen-bond donors (Lipinski definition) is 1. The lowest BCUT2D eigenvalue weighted by Crippen LogP contribution is -2.34. The summed E-state index contributed by atoms with van der Waals surface area (Å²) in [6.07, 6.45) is 3.36. The summed E-state index contributed by atoms with van der Waals surface area (Å²) in [4.78, 5) is 13.3. The van der Waals surface area contributed by atoms with Crippen molar-refractivity contribution in [3.8, 4) is 0 Å². The summed E-state index contributed by atoms with van der Waals surface area (Å²) in [6.45, 7) is 1.97. The van der Waals surface area contributed by atoms with Crippen LogP contribution >= 0.6 is 11.6 Å². The van der Waals surface area contributed by atoms with Crippen molar-refractivity contribution in [2.24, 2.45) is 0 Å². The van der Waals surface area contributed by atoms with Crippen molar-refractivity contribution in [2.45, 2.75) is 6.42 Å². The molecule has 9 heteroatoms. The average molecular weight is 307 g/mol. The van der Waals surface area contributed by atoms with Gasteiger partial charge in [0.1, 0.15) is 5.02 Å². The van der Waals surface area contributed by atoms with E-state index in [1.807, 2.05) is 4.90 Å². The predicted octanol–water partition coefficient (Wildman–Crippen LogP) is -0.105. The SMILES string of the molecule is CS(=O)(=O)N1CCCN(c2cn[nH]c(=O)c2Cl)CC1. The Labute approximate surface area is 116 Å². The molecule has 1 aliphatic heterocycles. The summed E-state index contributed by atoms with van der Waals surface area (Å²) in [5.74, 6) is 0. The zero-order chi connectivity index (χ0) is 14.0. The van der Waals surface area contributed by atoms with Gasteiger partial charge in [-0.3, -0.25) is 4.79 Å². The molecule has 2 heterocycles. The Kier molecular flexibility index (Phi) is 4.12. The van der Waals surface area contributed by atoms with Gasteiger partial charge in [-0.2, -0.15) is 5.10 Å². The van der Waals surface area contributed by atoms with E-state index < -0.39 is 15.6 Å². The van der Waals surface area contributed by atoms with Gasteiger partial charge < -0.3 is 4.90 Å². The van der Waals surface area contributed by atoms with E-state index in [1.165, 1.54) is 16.8 Å². The van der Waals surface area contributed by atoms with Crippen molar-refractivity contribution in [2.75, 3.05) is 37.3 Å². The number of anilines is 1. The molecular weight excluding hydrogens is 292 g/mol. The molecular formula is C10H15ClN4O3S. The van der Waals surface area contributed by atoms with Crippen LogP contribution in [-0.4, -0.2) is 55.4 Å². The molecule has 106 valence electrons. The molecule has 0 aromatic carbocycles. The van der Waals surface area contributed by atoms with Crippen LogP contribution in [0.5, 0.6) is 0 Å². The fourth-order valence-corrected chi connectivity index (χ4v) is 3.15. The molecule has 0 saturated carbocycles. The second-order valence-electron chi connectivity index (χ2n) is 4.40. The number of nitrogens with one attached hydrogen (secondary N) is 1. The Balaban J connectivity index is 2.20. The first-order valence-corrected chi connectivity index (χ1v) is 8.05. The first-order valence-electron chi connectivity index (χ1n) is 5.83. The standard InChI is InChI=1S/C10H15ClN4O3S/c1-19(17,18)15-4-2-3-14(5-6-15)8-7-12-13-10(16)9(8)11/h7H,2-6H2,1H3,(H,13,16). The number of aromatic nitrogens is 2. The number of aromatic amines is 1. The molecule has 2 rings (SSSR count). The first kappa shape index (κ1) is 14.3. The van der Waals surface area contributed by atoms with E-state index in [0.29, 0.717) is 38.3 Å². The second kappa shape index (κ2) is 5.48. The van der Waals surface area contributed by atoms with Crippen LogP contribution in [-0.2, 0) is 10.0 Å². The van der Waals surface area contributed by atoms with Crippen LogP contribution in [0.1, 0.15) is 6.42 Å². The van der Waals surface area contributed by atoms with Crippen molar-refractivity contribution in [1.29, 1.82) is 0 Å². The van der Waals surface area contributed by atoms with Gasteiger partial charge in [0.25, 0.3) is 5.56 Å². The van der Waals surface area contributed by atoms with Crippen molar-refractivity contribution in [3.05, 3.63) is 21.6 Å². The van der Waals surface area contributed by atoms with Crippen LogP contribution in [0.15, 0.2) is 11.0 Å². The Morgan fingerprint density at radius 1 is 1.32 bits per heavy atom. The van der Waals surface area contributed by atoms with Crippen molar-refractivity contribution >= 4 is 27.3 Å². The predicted molar refractivity (Wildman–Crippen MR) is 73.1 cm³/mol. The van der Waals surface area contributed by atoms with E-state index in [-0.39, 0.29) is 5.02 Å². The topological polar surface area (TPSA) is 86.4 Å². The Bertz CT molecular complexity index is 615. The van der Waals surface area contributed by atoms with Gasteiger partial charge >= 0.3 is 0 Å². The van der Waals surface area contributed by atoms with E-state index in [0.717, 1.165) is 0 Å². The lowest BCUT2D eigenvalue weighted by Gasteiger charge is -2.23. The van der Waals surface area contributed by atoms with Gasteiger partial charge in [-0.1, -0.05) is 11.6 Å². The summed E-state index contributed by atoms with van der Waals surface area (Å²) in [6, 6.07) is 0. The molecule has 0 amide bonds. The lowest BCUT2D eigenvalue weighted by atomic mass is 10.3. The van der Waals surface area contributed by atoms with Gasteiger partial charge in [-0.15, -0.1) is 0 Å². The fraction of sp³-hybridized carbons (Fsp3) is 0.600. The molecule has 1 aromatic heterocycles. The van der Waals surface area contributed by atoms with Gasteiger partial charge in [0.2, 0.25) is 10.0 Å². The third-order valence-corrected chi connectivity index (χ3v) is 4.71. The van der Waals surface area contributed by atoms with E-state index in [4.69, 9.17) is 11.6 Å². The molecule has 1 aliphatic rings. The molecule has 1 N–H and O–H groups in total. The minimum absolute atomic E-state index is 0.0859.